The van der Waals surface area contributed by atoms with Crippen LogP contribution >= 0.6 is 0 Å². The van der Waals surface area contributed by atoms with Crippen LogP contribution < -0.4 is 5.32 Å². The van der Waals surface area contributed by atoms with Gasteiger partial charge in [0.05, 0.1) is 0 Å². The summed E-state index contributed by atoms with van der Waals surface area (Å²) in [5.74, 6) is -0.189. The first kappa shape index (κ1) is 10.9. The molecule has 1 aromatic heterocycles. The fourth-order valence-corrected chi connectivity index (χ4v) is 1.63. The molecule has 0 spiro atoms. The molecule has 1 aromatic carbocycles. The van der Waals surface area contributed by atoms with E-state index in [1.807, 2.05) is 31.3 Å². The predicted octanol–water partition coefficient (Wildman–Crippen LogP) is 3.00. The highest BCUT2D eigenvalue weighted by molar-refractivity contribution is 5.19. The summed E-state index contributed by atoms with van der Waals surface area (Å²) in [4.78, 5) is 3.12. The Kier molecular flexibility index (Phi) is 3.37. The Hall–Kier alpha value is -1.61. The molecule has 0 aliphatic rings. The first-order chi connectivity index (χ1) is 7.75. The van der Waals surface area contributed by atoms with Crippen LogP contribution in [0.2, 0.25) is 0 Å². The SMILES string of the molecule is C[C@H](NCc1ccc[nH]1)c1cccc(F)c1. The number of rotatable bonds is 4. The Morgan fingerprint density at radius 2 is 2.19 bits per heavy atom. The lowest BCUT2D eigenvalue weighted by molar-refractivity contribution is 0.560. The average Bonchev–Trinajstić information content (AvgIpc) is 2.78. The number of nitrogens with one attached hydrogen (secondary N) is 2. The van der Waals surface area contributed by atoms with E-state index >= 15 is 0 Å². The van der Waals surface area contributed by atoms with E-state index in [4.69, 9.17) is 0 Å². The van der Waals surface area contributed by atoms with E-state index < -0.39 is 0 Å². The highest BCUT2D eigenvalue weighted by Crippen LogP contribution is 2.13. The number of aromatic nitrogens is 1. The van der Waals surface area contributed by atoms with Crippen molar-refractivity contribution in [3.63, 3.8) is 0 Å². The second-order valence-corrected chi connectivity index (χ2v) is 3.85. The van der Waals surface area contributed by atoms with Crippen LogP contribution in [-0.2, 0) is 6.54 Å². The van der Waals surface area contributed by atoms with Gasteiger partial charge in [0, 0.05) is 24.5 Å². The maximum Gasteiger partial charge on any atom is 0.123 e. The fraction of sp³-hybridized carbons (Fsp3) is 0.231. The van der Waals surface area contributed by atoms with Crippen molar-refractivity contribution in [3.05, 3.63) is 59.7 Å². The van der Waals surface area contributed by atoms with Crippen LogP contribution in [0.5, 0.6) is 0 Å². The van der Waals surface area contributed by atoms with Crippen LogP contribution in [0.4, 0.5) is 4.39 Å². The maximum absolute atomic E-state index is 13.0. The fourth-order valence-electron chi connectivity index (χ4n) is 1.63. The summed E-state index contributed by atoms with van der Waals surface area (Å²) < 4.78 is 13.0. The summed E-state index contributed by atoms with van der Waals surface area (Å²) in [6, 6.07) is 10.8. The summed E-state index contributed by atoms with van der Waals surface area (Å²) in [5.41, 5.74) is 2.09. The zero-order chi connectivity index (χ0) is 11.4. The molecule has 0 amide bonds. The van der Waals surface area contributed by atoms with E-state index in [9.17, 15) is 4.39 Å². The zero-order valence-electron chi connectivity index (χ0n) is 9.20. The van der Waals surface area contributed by atoms with Crippen molar-refractivity contribution in [2.45, 2.75) is 19.5 Å². The highest BCUT2D eigenvalue weighted by Gasteiger charge is 2.05. The smallest absolute Gasteiger partial charge is 0.123 e. The molecule has 3 heteroatoms. The molecule has 0 aliphatic carbocycles. The number of benzene rings is 1. The van der Waals surface area contributed by atoms with Crippen molar-refractivity contribution in [2.24, 2.45) is 0 Å². The Morgan fingerprint density at radius 3 is 2.88 bits per heavy atom. The first-order valence-electron chi connectivity index (χ1n) is 5.37. The van der Waals surface area contributed by atoms with E-state index in [1.165, 1.54) is 6.07 Å². The van der Waals surface area contributed by atoms with Crippen LogP contribution in [0, 0.1) is 5.82 Å². The largest absolute Gasteiger partial charge is 0.364 e. The van der Waals surface area contributed by atoms with Gasteiger partial charge in [0.1, 0.15) is 5.82 Å². The molecule has 0 aliphatic heterocycles. The van der Waals surface area contributed by atoms with Gasteiger partial charge in [0.25, 0.3) is 0 Å². The molecule has 0 saturated heterocycles. The summed E-state index contributed by atoms with van der Waals surface area (Å²) in [6.45, 7) is 2.78. The van der Waals surface area contributed by atoms with Gasteiger partial charge in [-0.3, -0.25) is 0 Å². The topological polar surface area (TPSA) is 27.8 Å². The number of halogens is 1. The summed E-state index contributed by atoms with van der Waals surface area (Å²) in [7, 11) is 0. The van der Waals surface area contributed by atoms with Crippen molar-refractivity contribution >= 4 is 0 Å². The lowest BCUT2D eigenvalue weighted by Crippen LogP contribution is -2.18. The van der Waals surface area contributed by atoms with Crippen molar-refractivity contribution in [1.82, 2.24) is 10.3 Å². The minimum atomic E-state index is -0.189. The third-order valence-corrected chi connectivity index (χ3v) is 2.61. The van der Waals surface area contributed by atoms with Gasteiger partial charge in [0.15, 0.2) is 0 Å². The van der Waals surface area contributed by atoms with Gasteiger partial charge in [-0.05, 0) is 36.8 Å². The zero-order valence-corrected chi connectivity index (χ0v) is 9.20. The second kappa shape index (κ2) is 4.94. The highest BCUT2D eigenvalue weighted by atomic mass is 19.1. The number of H-pyrrole nitrogens is 1. The molecule has 1 heterocycles. The van der Waals surface area contributed by atoms with E-state index in [0.29, 0.717) is 0 Å². The van der Waals surface area contributed by atoms with Crippen LogP contribution in [0.1, 0.15) is 24.2 Å². The first-order valence-corrected chi connectivity index (χ1v) is 5.37. The molecular weight excluding hydrogens is 203 g/mol. The summed E-state index contributed by atoms with van der Waals surface area (Å²) in [5, 5.41) is 3.33. The van der Waals surface area contributed by atoms with Gasteiger partial charge in [-0.1, -0.05) is 12.1 Å². The standard InChI is InChI=1S/C13H15FN2/c1-10(11-4-2-5-12(14)8-11)16-9-13-6-3-7-15-13/h2-8,10,15-16H,9H2,1H3/t10-/m0/s1. The lowest BCUT2D eigenvalue weighted by atomic mass is 10.1. The molecule has 1 atom stereocenters. The second-order valence-electron chi connectivity index (χ2n) is 3.85. The van der Waals surface area contributed by atoms with E-state index in [0.717, 1.165) is 17.8 Å². The molecular formula is C13H15FN2. The molecule has 2 N–H and O–H groups in total. The van der Waals surface area contributed by atoms with Crippen molar-refractivity contribution in [3.8, 4) is 0 Å². The molecule has 0 unspecified atom stereocenters. The van der Waals surface area contributed by atoms with Gasteiger partial charge in [0.2, 0.25) is 0 Å². The molecule has 84 valence electrons. The third kappa shape index (κ3) is 2.70. The van der Waals surface area contributed by atoms with Gasteiger partial charge in [-0.15, -0.1) is 0 Å². The molecule has 0 bridgehead atoms. The van der Waals surface area contributed by atoms with Crippen LogP contribution in [-0.4, -0.2) is 4.98 Å². The van der Waals surface area contributed by atoms with Crippen molar-refractivity contribution < 1.29 is 4.39 Å². The lowest BCUT2D eigenvalue weighted by Gasteiger charge is -2.13. The molecule has 0 radical (unpaired) electrons. The predicted molar refractivity (Wildman–Crippen MR) is 62.4 cm³/mol. The maximum atomic E-state index is 13.0. The molecule has 2 aromatic rings. The normalized spacial score (nSPS) is 12.6. The van der Waals surface area contributed by atoms with Gasteiger partial charge < -0.3 is 10.3 Å². The molecule has 0 fully saturated rings. The Labute approximate surface area is 94.5 Å². The third-order valence-electron chi connectivity index (χ3n) is 2.61. The van der Waals surface area contributed by atoms with Gasteiger partial charge in [-0.25, -0.2) is 4.39 Å². The Morgan fingerprint density at radius 1 is 1.31 bits per heavy atom. The Bertz CT molecular complexity index is 437. The Balaban J connectivity index is 1.95. The minimum absolute atomic E-state index is 0.138. The van der Waals surface area contributed by atoms with Crippen molar-refractivity contribution in [1.29, 1.82) is 0 Å². The summed E-state index contributed by atoms with van der Waals surface area (Å²) in [6.07, 6.45) is 1.89. The van der Waals surface area contributed by atoms with Crippen LogP contribution in [0.3, 0.4) is 0 Å². The van der Waals surface area contributed by atoms with Crippen LogP contribution in [0.15, 0.2) is 42.6 Å². The molecule has 2 rings (SSSR count). The minimum Gasteiger partial charge on any atom is -0.364 e. The van der Waals surface area contributed by atoms with E-state index in [-0.39, 0.29) is 11.9 Å². The molecule has 16 heavy (non-hydrogen) atoms. The average molecular weight is 218 g/mol. The van der Waals surface area contributed by atoms with E-state index in [1.54, 1.807) is 12.1 Å². The van der Waals surface area contributed by atoms with E-state index in [2.05, 4.69) is 10.3 Å². The van der Waals surface area contributed by atoms with Gasteiger partial charge in [-0.2, -0.15) is 0 Å². The van der Waals surface area contributed by atoms with Crippen molar-refractivity contribution in [2.75, 3.05) is 0 Å². The summed E-state index contributed by atoms with van der Waals surface area (Å²) >= 11 is 0. The van der Waals surface area contributed by atoms with Crippen LogP contribution in [0.25, 0.3) is 0 Å². The molecule has 0 saturated carbocycles. The van der Waals surface area contributed by atoms with Gasteiger partial charge >= 0.3 is 0 Å². The molecule has 2 nitrogen and oxygen atoms in total. The number of hydrogen-bond donors (Lipinski definition) is 2. The number of hydrogen-bond acceptors (Lipinski definition) is 1. The monoisotopic (exact) mass is 218 g/mol. The number of aromatic amines is 1. The quantitative estimate of drug-likeness (QED) is 0.811.